The minimum Gasteiger partial charge on any atom is -0.491 e. The minimum absolute atomic E-state index is 0.0371. The minimum atomic E-state index is -0.0371. The molecule has 0 amide bonds. The van der Waals surface area contributed by atoms with Crippen molar-refractivity contribution in [3.63, 3.8) is 0 Å². The molecule has 0 N–H and O–H groups in total. The Kier molecular flexibility index (Phi) is 4.66. The van der Waals surface area contributed by atoms with Gasteiger partial charge in [0.15, 0.2) is 5.78 Å². The van der Waals surface area contributed by atoms with E-state index in [0.717, 1.165) is 11.3 Å². The van der Waals surface area contributed by atoms with Crippen LogP contribution in [0.3, 0.4) is 0 Å². The van der Waals surface area contributed by atoms with Crippen LogP contribution in [0.25, 0.3) is 6.08 Å². The van der Waals surface area contributed by atoms with Gasteiger partial charge in [0.05, 0.1) is 6.10 Å². The Bertz CT molecular complexity index is 586. The third-order valence-corrected chi connectivity index (χ3v) is 2.62. The number of aromatic nitrogens is 1. The Balaban J connectivity index is 2.04. The largest absolute Gasteiger partial charge is 0.491 e. The Morgan fingerprint density at radius 1 is 1.20 bits per heavy atom. The molecule has 3 nitrogen and oxygen atoms in total. The van der Waals surface area contributed by atoms with Crippen LogP contribution in [0, 0.1) is 0 Å². The zero-order chi connectivity index (χ0) is 14.4. The van der Waals surface area contributed by atoms with Gasteiger partial charge in [-0.1, -0.05) is 6.07 Å². The number of hydrogen-bond donors (Lipinski definition) is 0. The molecule has 0 aliphatic heterocycles. The number of hydrogen-bond acceptors (Lipinski definition) is 3. The summed E-state index contributed by atoms with van der Waals surface area (Å²) >= 11 is 0. The van der Waals surface area contributed by atoms with Gasteiger partial charge in [-0.25, -0.2) is 0 Å². The second-order valence-electron chi connectivity index (χ2n) is 4.67. The van der Waals surface area contributed by atoms with Crippen LogP contribution in [0.5, 0.6) is 5.75 Å². The number of allylic oxidation sites excluding steroid dienone is 1. The van der Waals surface area contributed by atoms with Gasteiger partial charge in [-0.15, -0.1) is 0 Å². The SMILES string of the molecule is CC(C)Oc1ccc(C(=O)/C=C/c2cccnc2)cc1. The van der Waals surface area contributed by atoms with E-state index in [1.165, 1.54) is 0 Å². The average Bonchev–Trinajstić information content (AvgIpc) is 2.46. The molecule has 102 valence electrons. The fourth-order valence-corrected chi connectivity index (χ4v) is 1.71. The predicted molar refractivity (Wildman–Crippen MR) is 79.8 cm³/mol. The van der Waals surface area contributed by atoms with E-state index in [1.807, 2.05) is 38.1 Å². The Hall–Kier alpha value is -2.42. The zero-order valence-corrected chi connectivity index (χ0v) is 11.6. The lowest BCUT2D eigenvalue weighted by molar-refractivity contribution is 0.104. The molecule has 0 aliphatic rings. The van der Waals surface area contributed by atoms with E-state index >= 15 is 0 Å². The summed E-state index contributed by atoms with van der Waals surface area (Å²) in [5, 5.41) is 0. The van der Waals surface area contributed by atoms with E-state index in [4.69, 9.17) is 4.74 Å². The maximum absolute atomic E-state index is 12.0. The number of ketones is 1. The maximum atomic E-state index is 12.0. The fourth-order valence-electron chi connectivity index (χ4n) is 1.71. The predicted octanol–water partition coefficient (Wildman–Crippen LogP) is 3.76. The second kappa shape index (κ2) is 6.66. The van der Waals surface area contributed by atoms with Crippen molar-refractivity contribution in [2.45, 2.75) is 20.0 Å². The van der Waals surface area contributed by atoms with E-state index in [-0.39, 0.29) is 11.9 Å². The van der Waals surface area contributed by atoms with Crippen LogP contribution in [0.4, 0.5) is 0 Å². The summed E-state index contributed by atoms with van der Waals surface area (Å²) in [7, 11) is 0. The quantitative estimate of drug-likeness (QED) is 0.611. The van der Waals surface area contributed by atoms with Gasteiger partial charge in [-0.05, 0) is 61.9 Å². The van der Waals surface area contributed by atoms with Crippen LogP contribution in [0.1, 0.15) is 29.8 Å². The second-order valence-corrected chi connectivity index (χ2v) is 4.67. The molecule has 0 saturated heterocycles. The lowest BCUT2D eigenvalue weighted by Crippen LogP contribution is -2.05. The van der Waals surface area contributed by atoms with E-state index in [1.54, 1.807) is 36.7 Å². The van der Waals surface area contributed by atoms with Crippen LogP contribution in [-0.4, -0.2) is 16.9 Å². The molecule has 2 aromatic rings. The highest BCUT2D eigenvalue weighted by atomic mass is 16.5. The highest BCUT2D eigenvalue weighted by Gasteiger charge is 2.03. The third-order valence-electron chi connectivity index (χ3n) is 2.62. The molecule has 0 spiro atoms. The highest BCUT2D eigenvalue weighted by Crippen LogP contribution is 2.14. The maximum Gasteiger partial charge on any atom is 0.185 e. The summed E-state index contributed by atoms with van der Waals surface area (Å²) in [6.07, 6.45) is 6.85. The summed E-state index contributed by atoms with van der Waals surface area (Å²) < 4.78 is 5.54. The molecule has 20 heavy (non-hydrogen) atoms. The molecule has 0 unspecified atom stereocenters. The van der Waals surface area contributed by atoms with Crippen molar-refractivity contribution in [2.24, 2.45) is 0 Å². The van der Waals surface area contributed by atoms with Crippen molar-refractivity contribution < 1.29 is 9.53 Å². The molecule has 0 radical (unpaired) electrons. The van der Waals surface area contributed by atoms with Gasteiger partial charge < -0.3 is 4.74 Å². The Morgan fingerprint density at radius 3 is 2.55 bits per heavy atom. The van der Waals surface area contributed by atoms with Crippen LogP contribution in [0.2, 0.25) is 0 Å². The van der Waals surface area contributed by atoms with Gasteiger partial charge in [0.1, 0.15) is 5.75 Å². The molecule has 1 heterocycles. The topological polar surface area (TPSA) is 39.2 Å². The lowest BCUT2D eigenvalue weighted by Gasteiger charge is -2.09. The molecule has 2 rings (SSSR count). The molecular formula is C17H17NO2. The van der Waals surface area contributed by atoms with Gasteiger partial charge in [-0.2, -0.15) is 0 Å². The standard InChI is InChI=1S/C17H17NO2/c1-13(2)20-16-8-6-15(7-9-16)17(19)10-5-14-4-3-11-18-12-14/h3-13H,1-2H3/b10-5+. The summed E-state index contributed by atoms with van der Waals surface area (Å²) in [5.41, 5.74) is 1.54. The molecule has 1 aromatic carbocycles. The average molecular weight is 267 g/mol. The summed E-state index contributed by atoms with van der Waals surface area (Å²) in [5.74, 6) is 0.734. The van der Waals surface area contributed by atoms with E-state index in [2.05, 4.69) is 4.98 Å². The first-order chi connectivity index (χ1) is 9.65. The van der Waals surface area contributed by atoms with E-state index in [9.17, 15) is 4.79 Å². The molecule has 0 fully saturated rings. The van der Waals surface area contributed by atoms with Crippen molar-refractivity contribution in [2.75, 3.05) is 0 Å². The number of nitrogens with zero attached hydrogens (tertiary/aromatic N) is 1. The first kappa shape index (κ1) is 14.0. The summed E-state index contributed by atoms with van der Waals surface area (Å²) in [4.78, 5) is 16.0. The number of benzene rings is 1. The molecule has 1 aromatic heterocycles. The number of carbonyl (C=O) groups is 1. The molecule has 0 aliphatic carbocycles. The lowest BCUT2D eigenvalue weighted by atomic mass is 10.1. The molecule has 0 bridgehead atoms. The monoisotopic (exact) mass is 267 g/mol. The molecule has 0 atom stereocenters. The zero-order valence-electron chi connectivity index (χ0n) is 11.6. The molecular weight excluding hydrogens is 250 g/mol. The highest BCUT2D eigenvalue weighted by molar-refractivity contribution is 6.06. The van der Waals surface area contributed by atoms with Gasteiger partial charge in [-0.3, -0.25) is 9.78 Å². The van der Waals surface area contributed by atoms with Crippen molar-refractivity contribution in [1.29, 1.82) is 0 Å². The first-order valence-corrected chi connectivity index (χ1v) is 6.54. The third kappa shape index (κ3) is 4.05. The van der Waals surface area contributed by atoms with Crippen molar-refractivity contribution >= 4 is 11.9 Å². The van der Waals surface area contributed by atoms with E-state index < -0.39 is 0 Å². The first-order valence-electron chi connectivity index (χ1n) is 6.54. The van der Waals surface area contributed by atoms with Gasteiger partial charge >= 0.3 is 0 Å². The fraction of sp³-hybridized carbons (Fsp3) is 0.176. The normalized spacial score (nSPS) is 10.9. The summed E-state index contributed by atoms with van der Waals surface area (Å²) in [6.45, 7) is 3.94. The number of rotatable bonds is 5. The van der Waals surface area contributed by atoms with Gasteiger partial charge in [0.25, 0.3) is 0 Å². The Morgan fingerprint density at radius 2 is 1.95 bits per heavy atom. The van der Waals surface area contributed by atoms with E-state index in [0.29, 0.717) is 5.56 Å². The van der Waals surface area contributed by atoms with Crippen LogP contribution >= 0.6 is 0 Å². The number of ether oxygens (including phenoxy) is 1. The molecule has 0 saturated carbocycles. The smallest absolute Gasteiger partial charge is 0.185 e. The number of pyridine rings is 1. The van der Waals surface area contributed by atoms with Gasteiger partial charge in [0, 0.05) is 18.0 Å². The van der Waals surface area contributed by atoms with Crippen molar-refractivity contribution in [3.05, 3.63) is 66.0 Å². The number of carbonyl (C=O) groups excluding carboxylic acids is 1. The summed E-state index contributed by atoms with van der Waals surface area (Å²) in [6, 6.07) is 10.9. The van der Waals surface area contributed by atoms with Crippen LogP contribution in [0.15, 0.2) is 54.9 Å². The Labute approximate surface area is 118 Å². The molecule has 3 heteroatoms. The van der Waals surface area contributed by atoms with Gasteiger partial charge in [0.2, 0.25) is 0 Å². The van der Waals surface area contributed by atoms with Crippen molar-refractivity contribution in [1.82, 2.24) is 4.98 Å². The van der Waals surface area contributed by atoms with Crippen LogP contribution in [-0.2, 0) is 0 Å². The van der Waals surface area contributed by atoms with Crippen molar-refractivity contribution in [3.8, 4) is 5.75 Å². The van der Waals surface area contributed by atoms with Crippen LogP contribution < -0.4 is 4.74 Å².